The van der Waals surface area contributed by atoms with Crippen molar-refractivity contribution in [1.29, 1.82) is 0 Å². The van der Waals surface area contributed by atoms with E-state index in [1.165, 1.54) is 11.8 Å². The standard InChI is InChI=1S/C16H24N4O4/c1-11-12(9-17-20(11)10-15(21)23-2)18-16(22)19-7-3-5-13(19)14-6-4-8-24-14/h9,13-14H,3-8,10H2,1-2H3,(H,18,22)/t13-,14+/m1/s1. The van der Waals surface area contributed by atoms with E-state index in [9.17, 15) is 9.59 Å². The molecule has 24 heavy (non-hydrogen) atoms. The first-order valence-corrected chi connectivity index (χ1v) is 8.38. The Morgan fingerprint density at radius 1 is 1.42 bits per heavy atom. The number of nitrogens with one attached hydrogen (secondary N) is 1. The van der Waals surface area contributed by atoms with Gasteiger partial charge in [-0.15, -0.1) is 0 Å². The molecule has 0 saturated carbocycles. The first kappa shape index (κ1) is 16.8. The monoisotopic (exact) mass is 336 g/mol. The molecule has 2 saturated heterocycles. The second-order valence-corrected chi connectivity index (χ2v) is 6.26. The summed E-state index contributed by atoms with van der Waals surface area (Å²) in [5.41, 5.74) is 1.34. The summed E-state index contributed by atoms with van der Waals surface area (Å²) in [6.07, 6.45) is 5.78. The van der Waals surface area contributed by atoms with Gasteiger partial charge in [0.25, 0.3) is 0 Å². The molecule has 8 heteroatoms. The summed E-state index contributed by atoms with van der Waals surface area (Å²) >= 11 is 0. The van der Waals surface area contributed by atoms with Crippen molar-refractivity contribution in [2.45, 2.75) is 51.3 Å². The maximum absolute atomic E-state index is 12.7. The lowest BCUT2D eigenvalue weighted by Gasteiger charge is -2.28. The first-order valence-electron chi connectivity index (χ1n) is 8.38. The lowest BCUT2D eigenvalue weighted by molar-refractivity contribution is -0.141. The fourth-order valence-corrected chi connectivity index (χ4v) is 3.44. The summed E-state index contributed by atoms with van der Waals surface area (Å²) < 4.78 is 11.9. The van der Waals surface area contributed by atoms with Gasteiger partial charge in [-0.25, -0.2) is 4.79 Å². The van der Waals surface area contributed by atoms with Gasteiger partial charge in [-0.05, 0) is 32.6 Å². The fourth-order valence-electron chi connectivity index (χ4n) is 3.44. The Labute approximate surface area is 141 Å². The predicted molar refractivity (Wildman–Crippen MR) is 86.7 cm³/mol. The highest BCUT2D eigenvalue weighted by Crippen LogP contribution is 2.28. The topological polar surface area (TPSA) is 85.7 Å². The molecule has 2 fully saturated rings. The molecule has 132 valence electrons. The molecule has 0 aliphatic carbocycles. The number of aromatic nitrogens is 2. The number of carbonyl (C=O) groups is 2. The molecule has 2 amide bonds. The second kappa shape index (κ2) is 7.21. The zero-order chi connectivity index (χ0) is 17.1. The van der Waals surface area contributed by atoms with Crippen LogP contribution in [0.25, 0.3) is 0 Å². The molecule has 1 aromatic rings. The molecule has 1 aromatic heterocycles. The molecule has 0 radical (unpaired) electrons. The Kier molecular flexibility index (Phi) is 5.03. The van der Waals surface area contributed by atoms with Crippen LogP contribution in [0.3, 0.4) is 0 Å². The Morgan fingerprint density at radius 3 is 2.96 bits per heavy atom. The van der Waals surface area contributed by atoms with Crippen LogP contribution in [0.4, 0.5) is 10.5 Å². The third kappa shape index (κ3) is 3.38. The van der Waals surface area contributed by atoms with Crippen molar-refractivity contribution in [3.63, 3.8) is 0 Å². The molecule has 0 spiro atoms. The minimum Gasteiger partial charge on any atom is -0.468 e. The van der Waals surface area contributed by atoms with Gasteiger partial charge in [-0.3, -0.25) is 9.48 Å². The van der Waals surface area contributed by atoms with Gasteiger partial charge in [0.1, 0.15) is 6.54 Å². The number of nitrogens with zero attached hydrogens (tertiary/aromatic N) is 3. The Balaban J connectivity index is 1.65. The molecule has 3 rings (SSSR count). The van der Waals surface area contributed by atoms with Crippen molar-refractivity contribution in [2.75, 3.05) is 25.6 Å². The third-order valence-corrected chi connectivity index (χ3v) is 4.81. The number of rotatable bonds is 4. The molecule has 2 aliphatic rings. The van der Waals surface area contributed by atoms with E-state index in [1.54, 1.807) is 6.20 Å². The fraction of sp³-hybridized carbons (Fsp3) is 0.688. The second-order valence-electron chi connectivity index (χ2n) is 6.26. The van der Waals surface area contributed by atoms with Gasteiger partial charge in [0, 0.05) is 13.2 Å². The largest absolute Gasteiger partial charge is 0.468 e. The van der Waals surface area contributed by atoms with Crippen LogP contribution in [-0.2, 0) is 20.8 Å². The quantitative estimate of drug-likeness (QED) is 0.843. The number of ether oxygens (including phenoxy) is 2. The molecule has 0 unspecified atom stereocenters. The first-order chi connectivity index (χ1) is 11.6. The Morgan fingerprint density at radius 2 is 2.25 bits per heavy atom. The van der Waals surface area contributed by atoms with Gasteiger partial charge in [0.15, 0.2) is 0 Å². The molecule has 8 nitrogen and oxygen atoms in total. The van der Waals surface area contributed by atoms with Gasteiger partial charge in [0.05, 0.1) is 36.8 Å². The molecule has 0 aromatic carbocycles. The normalized spacial score (nSPS) is 23.5. The van der Waals surface area contributed by atoms with E-state index in [-0.39, 0.29) is 30.7 Å². The lowest BCUT2D eigenvalue weighted by Crippen LogP contribution is -2.44. The molecule has 2 atom stereocenters. The smallest absolute Gasteiger partial charge is 0.327 e. The van der Waals surface area contributed by atoms with Crippen molar-refractivity contribution in [2.24, 2.45) is 0 Å². The summed E-state index contributed by atoms with van der Waals surface area (Å²) in [5, 5.41) is 7.05. The van der Waals surface area contributed by atoms with E-state index in [0.29, 0.717) is 5.69 Å². The van der Waals surface area contributed by atoms with Gasteiger partial charge in [0.2, 0.25) is 0 Å². The van der Waals surface area contributed by atoms with Crippen LogP contribution < -0.4 is 5.32 Å². The highest BCUT2D eigenvalue weighted by Gasteiger charge is 2.37. The Hall–Kier alpha value is -2.09. The minimum absolute atomic E-state index is 0.0282. The number of amides is 2. The van der Waals surface area contributed by atoms with E-state index in [4.69, 9.17) is 4.74 Å². The van der Waals surface area contributed by atoms with Crippen molar-refractivity contribution >= 4 is 17.7 Å². The maximum Gasteiger partial charge on any atom is 0.327 e. The highest BCUT2D eigenvalue weighted by molar-refractivity contribution is 5.90. The highest BCUT2D eigenvalue weighted by atomic mass is 16.5. The zero-order valence-electron chi connectivity index (χ0n) is 14.2. The van der Waals surface area contributed by atoms with Crippen molar-refractivity contribution < 1.29 is 19.1 Å². The number of esters is 1. The SMILES string of the molecule is COC(=O)Cn1ncc(NC(=O)N2CCC[C@@H]2[C@@H]2CCCO2)c1C. The third-order valence-electron chi connectivity index (χ3n) is 4.81. The molecule has 0 bridgehead atoms. The Bertz CT molecular complexity index is 609. The number of likely N-dealkylation sites (tertiary alicyclic amines) is 1. The molecule has 1 N–H and O–H groups in total. The van der Waals surface area contributed by atoms with E-state index in [0.717, 1.165) is 44.5 Å². The summed E-state index contributed by atoms with van der Waals surface area (Å²) in [6.45, 7) is 3.37. The van der Waals surface area contributed by atoms with Crippen LogP contribution >= 0.6 is 0 Å². The maximum atomic E-state index is 12.7. The summed E-state index contributed by atoms with van der Waals surface area (Å²) in [5.74, 6) is -0.378. The van der Waals surface area contributed by atoms with Crippen LogP contribution in [0.5, 0.6) is 0 Å². The van der Waals surface area contributed by atoms with Crippen molar-refractivity contribution in [1.82, 2.24) is 14.7 Å². The van der Waals surface area contributed by atoms with Gasteiger partial charge in [-0.2, -0.15) is 5.10 Å². The molecular weight excluding hydrogens is 312 g/mol. The van der Waals surface area contributed by atoms with Gasteiger partial charge in [-0.1, -0.05) is 0 Å². The van der Waals surface area contributed by atoms with E-state index in [1.807, 2.05) is 11.8 Å². The van der Waals surface area contributed by atoms with E-state index < -0.39 is 0 Å². The van der Waals surface area contributed by atoms with Crippen LogP contribution in [0.1, 0.15) is 31.4 Å². The van der Waals surface area contributed by atoms with E-state index >= 15 is 0 Å². The van der Waals surface area contributed by atoms with Crippen LogP contribution in [0.2, 0.25) is 0 Å². The van der Waals surface area contributed by atoms with Crippen LogP contribution in [-0.4, -0.2) is 59.1 Å². The summed E-state index contributed by atoms with van der Waals surface area (Å²) in [6, 6.07) is 0.0200. The average Bonchev–Trinajstić information content (AvgIpc) is 3.30. The average molecular weight is 336 g/mol. The van der Waals surface area contributed by atoms with Gasteiger partial charge >= 0.3 is 12.0 Å². The van der Waals surface area contributed by atoms with E-state index in [2.05, 4.69) is 15.2 Å². The van der Waals surface area contributed by atoms with Crippen molar-refractivity contribution in [3.8, 4) is 0 Å². The number of hydrogen-bond donors (Lipinski definition) is 1. The zero-order valence-corrected chi connectivity index (χ0v) is 14.2. The minimum atomic E-state index is -0.378. The van der Waals surface area contributed by atoms with Crippen LogP contribution in [0, 0.1) is 6.92 Å². The summed E-state index contributed by atoms with van der Waals surface area (Å²) in [7, 11) is 1.34. The number of urea groups is 1. The lowest BCUT2D eigenvalue weighted by atomic mass is 10.1. The number of anilines is 1. The summed E-state index contributed by atoms with van der Waals surface area (Å²) in [4.78, 5) is 25.9. The van der Waals surface area contributed by atoms with Crippen LogP contribution in [0.15, 0.2) is 6.20 Å². The number of hydrogen-bond acceptors (Lipinski definition) is 5. The van der Waals surface area contributed by atoms with Crippen molar-refractivity contribution in [3.05, 3.63) is 11.9 Å². The number of carbonyl (C=O) groups excluding carboxylic acids is 2. The predicted octanol–water partition coefficient (Wildman–Crippen LogP) is 1.54. The van der Waals surface area contributed by atoms with Gasteiger partial charge < -0.3 is 19.7 Å². The molecule has 2 aliphatic heterocycles. The molecular formula is C16H24N4O4. The number of methoxy groups -OCH3 is 1. The molecule has 3 heterocycles.